The standard InChI is InChI=1S/C84H48/c1-7-61-43-74-56-33-21-50(22-34-56)52-25-37-58(38-26-52)76-46-64-11-6-18-72-78(48-66-12-5-16-70(76)83(66)84(64)72)60-41-29-54(30-42-60)53-27-39-59(40-28-53)77-47-65-10-3-15-69-75(45-63-9-4-17-71(77)82(63)81(65)69)57-35-23-51(24-36-57)49-19-31-55(32-20-49)73-44-62-8-2-14-68(74)80(62)79(61)67(73)13-1/h1-48H. The minimum absolute atomic E-state index is 1.20. The molecule has 0 nitrogen and oxygen atoms in total. The number of fused-ring (bicyclic) bond motifs is 3. The van der Waals surface area contributed by atoms with E-state index in [4.69, 9.17) is 0 Å². The van der Waals surface area contributed by atoms with E-state index >= 15 is 0 Å². The summed E-state index contributed by atoms with van der Waals surface area (Å²) in [4.78, 5) is 0. The van der Waals surface area contributed by atoms with E-state index in [1.165, 1.54) is 194 Å². The van der Waals surface area contributed by atoms with Gasteiger partial charge in [-0.1, -0.05) is 255 Å². The number of benzene rings is 18. The molecule has 35 rings (SSSR count). The van der Waals surface area contributed by atoms with Crippen molar-refractivity contribution in [3.63, 3.8) is 0 Å². The van der Waals surface area contributed by atoms with Crippen LogP contribution in [0.15, 0.2) is 291 Å². The molecule has 0 fully saturated rings. The van der Waals surface area contributed by atoms with Crippen LogP contribution in [0.25, 0.3) is 194 Å². The first-order chi connectivity index (χ1) is 41.6. The SMILES string of the molecule is c1cc2cc3c4ccc(cc4)c4ccc(cc4)c4cc5cccc6c(cc7cccc4c7c56)c4ccc(cc4)c4ccc(cc4)c4cc5cccc6c(cc7cccc4c7c56)c4ccc(cc4)c4ccc(cc4)c4cc5cccc3c5c2c4c1. The molecule has 0 amide bonds. The van der Waals surface area contributed by atoms with Gasteiger partial charge in [0.05, 0.1) is 0 Å². The lowest BCUT2D eigenvalue weighted by atomic mass is 9.89. The van der Waals surface area contributed by atoms with E-state index in [-0.39, 0.29) is 0 Å². The summed E-state index contributed by atoms with van der Waals surface area (Å²) >= 11 is 0. The second-order valence-corrected chi connectivity index (χ2v) is 23.4. The van der Waals surface area contributed by atoms with E-state index in [1.807, 2.05) is 0 Å². The second-order valence-electron chi connectivity index (χ2n) is 23.4. The first-order valence-electron chi connectivity index (χ1n) is 29.4. The Labute approximate surface area is 482 Å². The van der Waals surface area contributed by atoms with Crippen molar-refractivity contribution < 1.29 is 0 Å². The second kappa shape index (κ2) is 17.3. The number of rotatable bonds is 0. The molecular formula is C84H48. The van der Waals surface area contributed by atoms with Crippen LogP contribution in [0.2, 0.25) is 0 Å². The molecule has 0 unspecified atom stereocenters. The Balaban J connectivity index is 0.853. The van der Waals surface area contributed by atoms with Crippen LogP contribution in [0.4, 0.5) is 0 Å². The molecular weight excluding hydrogens is 1010 g/mol. The molecule has 384 valence electrons. The van der Waals surface area contributed by atoms with Crippen LogP contribution < -0.4 is 0 Å². The molecule has 0 aliphatic carbocycles. The fourth-order valence-electron chi connectivity index (χ4n) is 15.0. The van der Waals surface area contributed by atoms with Crippen LogP contribution in [0.1, 0.15) is 0 Å². The predicted molar refractivity (Wildman–Crippen MR) is 368 cm³/mol. The van der Waals surface area contributed by atoms with Gasteiger partial charge in [-0.3, -0.25) is 0 Å². The maximum Gasteiger partial charge on any atom is -0.00201 e. The normalized spacial score (nSPS) is 12.3. The van der Waals surface area contributed by atoms with Gasteiger partial charge in [0.2, 0.25) is 0 Å². The summed E-state index contributed by atoms with van der Waals surface area (Å²) < 4.78 is 0. The predicted octanol–water partition coefficient (Wildman–Crippen LogP) is 24.1. The number of hydrogen-bond acceptors (Lipinski definition) is 0. The van der Waals surface area contributed by atoms with Crippen LogP contribution in [-0.2, 0) is 0 Å². The monoisotopic (exact) mass is 1060 g/mol. The van der Waals surface area contributed by atoms with E-state index in [1.54, 1.807) is 0 Å². The van der Waals surface area contributed by atoms with Gasteiger partial charge in [-0.05, 0) is 230 Å². The molecule has 36 bridgehead atoms. The molecule has 0 aliphatic heterocycles. The molecule has 35 aromatic rings. The van der Waals surface area contributed by atoms with Crippen molar-refractivity contribution in [2.24, 2.45) is 0 Å². The third-order valence-corrected chi connectivity index (χ3v) is 19.0. The van der Waals surface area contributed by atoms with Gasteiger partial charge in [-0.15, -0.1) is 0 Å². The first-order valence-corrected chi connectivity index (χ1v) is 29.4. The quantitative estimate of drug-likeness (QED) is 0.133. The van der Waals surface area contributed by atoms with Crippen molar-refractivity contribution in [2.75, 3.05) is 0 Å². The van der Waals surface area contributed by atoms with Gasteiger partial charge in [0.25, 0.3) is 0 Å². The molecule has 0 aromatic heterocycles. The van der Waals surface area contributed by atoms with Gasteiger partial charge >= 0.3 is 0 Å². The van der Waals surface area contributed by atoms with Crippen LogP contribution in [0, 0.1) is 0 Å². The summed E-state index contributed by atoms with van der Waals surface area (Å²) in [5.41, 5.74) is 0. The maximum atomic E-state index is 2.41. The molecule has 0 spiro atoms. The molecule has 0 saturated heterocycles. The molecule has 0 saturated carbocycles. The van der Waals surface area contributed by atoms with Gasteiger partial charge in [-0.25, -0.2) is 0 Å². The average Bonchev–Trinajstić information content (AvgIpc) is 1.61. The summed E-state index contributed by atoms with van der Waals surface area (Å²) in [6.45, 7) is 0. The first kappa shape index (κ1) is 45.8. The van der Waals surface area contributed by atoms with Crippen LogP contribution in [0.5, 0.6) is 0 Å². The van der Waals surface area contributed by atoms with Gasteiger partial charge in [-0.2, -0.15) is 0 Å². The molecule has 0 heterocycles. The Bertz CT molecular complexity index is 5220. The Morgan fingerprint density at radius 3 is 0.369 bits per heavy atom. The molecule has 84 heavy (non-hydrogen) atoms. The van der Waals surface area contributed by atoms with Crippen molar-refractivity contribution in [1.82, 2.24) is 0 Å². The Morgan fingerprint density at radius 1 is 0.0952 bits per heavy atom. The zero-order valence-corrected chi connectivity index (χ0v) is 45.7. The van der Waals surface area contributed by atoms with E-state index in [0.29, 0.717) is 0 Å². The van der Waals surface area contributed by atoms with E-state index < -0.39 is 0 Å². The highest BCUT2D eigenvalue weighted by Crippen LogP contribution is 2.45. The highest BCUT2D eigenvalue weighted by Gasteiger charge is 2.17. The molecule has 35 aromatic carbocycles. The Hall–Kier alpha value is -10.9. The highest BCUT2D eigenvalue weighted by molar-refractivity contribution is 6.36. The van der Waals surface area contributed by atoms with E-state index in [9.17, 15) is 0 Å². The fourth-order valence-corrected chi connectivity index (χ4v) is 15.0. The topological polar surface area (TPSA) is 0 Å². The van der Waals surface area contributed by atoms with Gasteiger partial charge in [0, 0.05) is 0 Å². The summed E-state index contributed by atoms with van der Waals surface area (Å²) in [5.74, 6) is 0. The van der Waals surface area contributed by atoms with Crippen molar-refractivity contribution in [2.45, 2.75) is 0 Å². The molecule has 0 aliphatic rings. The molecule has 0 atom stereocenters. The summed E-state index contributed by atoms with van der Waals surface area (Å²) in [6.07, 6.45) is 0. The zero-order valence-electron chi connectivity index (χ0n) is 45.7. The lowest BCUT2D eigenvalue weighted by Gasteiger charge is -2.14. The van der Waals surface area contributed by atoms with E-state index in [2.05, 4.69) is 291 Å². The van der Waals surface area contributed by atoms with Crippen LogP contribution >= 0.6 is 0 Å². The molecule has 0 radical (unpaired) electrons. The molecule has 0 heteroatoms. The Morgan fingerprint density at radius 2 is 0.226 bits per heavy atom. The summed E-state index contributed by atoms with van der Waals surface area (Å²) in [5, 5.41) is 45.3. The average molecular weight is 1060 g/mol. The minimum Gasteiger partial charge on any atom is -0.0610 e. The Kier molecular flexibility index (Phi) is 9.43. The third kappa shape index (κ3) is 6.65. The lowest BCUT2D eigenvalue weighted by Crippen LogP contribution is -1.86. The van der Waals surface area contributed by atoms with Gasteiger partial charge in [0.1, 0.15) is 0 Å². The smallest absolute Gasteiger partial charge is 0.00201 e. The maximum absolute atomic E-state index is 2.41. The minimum atomic E-state index is 1.20. The zero-order chi connectivity index (χ0) is 54.7. The third-order valence-electron chi connectivity index (χ3n) is 19.0. The van der Waals surface area contributed by atoms with Crippen molar-refractivity contribution >= 4 is 194 Å². The van der Waals surface area contributed by atoms with Crippen LogP contribution in [-0.4, -0.2) is 0 Å². The highest BCUT2D eigenvalue weighted by atomic mass is 14.2. The molecule has 0 N–H and O–H groups in total. The summed E-state index contributed by atoms with van der Waals surface area (Å²) in [6, 6.07) is 111. The summed E-state index contributed by atoms with van der Waals surface area (Å²) in [7, 11) is 0. The number of hydrogen-bond donors (Lipinski definition) is 0. The van der Waals surface area contributed by atoms with Crippen molar-refractivity contribution in [3.05, 3.63) is 291 Å². The van der Waals surface area contributed by atoms with Crippen LogP contribution in [0.3, 0.4) is 0 Å². The van der Waals surface area contributed by atoms with Gasteiger partial charge in [0.15, 0.2) is 0 Å². The van der Waals surface area contributed by atoms with E-state index in [0.717, 1.165) is 0 Å². The lowest BCUT2D eigenvalue weighted by molar-refractivity contribution is 1.79. The fraction of sp³-hybridized carbons (Fsp3) is 0. The van der Waals surface area contributed by atoms with Crippen molar-refractivity contribution in [1.29, 1.82) is 0 Å². The largest absolute Gasteiger partial charge is 0.0610 e. The van der Waals surface area contributed by atoms with Gasteiger partial charge < -0.3 is 0 Å². The van der Waals surface area contributed by atoms with Crippen molar-refractivity contribution in [3.8, 4) is 0 Å².